The number of carbonyl (C=O) groups is 1. The van der Waals surface area contributed by atoms with Gasteiger partial charge in [-0.25, -0.2) is 0 Å². The molecule has 180 valence electrons. The molecule has 3 rings (SSSR count). The Hall–Kier alpha value is -1.39. The number of rotatable bonds is 6. The number of piperidine rings is 1. The molecule has 0 radical (unpaired) electrons. The fraction of sp³-hybridized carbons (Fsp3) is 0.750. The molecule has 0 bridgehead atoms. The second-order valence-electron chi connectivity index (χ2n) is 12.5. The molecule has 1 aliphatic heterocycles. The summed E-state index contributed by atoms with van der Waals surface area (Å²) in [6.07, 6.45) is 6.41. The molecule has 1 aromatic carbocycles. The van der Waals surface area contributed by atoms with E-state index in [1.54, 1.807) is 0 Å². The van der Waals surface area contributed by atoms with Gasteiger partial charge in [0.25, 0.3) is 0 Å². The molecule has 1 aliphatic carbocycles. The van der Waals surface area contributed by atoms with E-state index in [2.05, 4.69) is 55.3 Å². The number of amides is 1. The van der Waals surface area contributed by atoms with E-state index in [0.29, 0.717) is 18.4 Å². The van der Waals surface area contributed by atoms with E-state index in [0.717, 1.165) is 19.4 Å². The Kier molecular flexibility index (Phi) is 8.09. The zero-order chi connectivity index (χ0) is 23.5. The second kappa shape index (κ2) is 10.3. The van der Waals surface area contributed by atoms with Crippen LogP contribution in [0, 0.1) is 23.2 Å². The van der Waals surface area contributed by atoms with Gasteiger partial charge in [0, 0.05) is 18.6 Å². The zero-order valence-corrected chi connectivity index (χ0v) is 21.2. The van der Waals surface area contributed by atoms with Crippen molar-refractivity contribution in [2.75, 3.05) is 13.1 Å². The summed E-state index contributed by atoms with van der Waals surface area (Å²) in [6.45, 7) is 14.3. The van der Waals surface area contributed by atoms with E-state index in [1.165, 1.54) is 31.2 Å². The molecule has 1 aromatic rings. The van der Waals surface area contributed by atoms with Gasteiger partial charge in [0.2, 0.25) is 5.91 Å². The first-order valence-electron chi connectivity index (χ1n) is 12.7. The number of hydrogen-bond donors (Lipinski definition) is 2. The summed E-state index contributed by atoms with van der Waals surface area (Å²) in [7, 11) is 0. The fourth-order valence-corrected chi connectivity index (χ4v) is 5.88. The summed E-state index contributed by atoms with van der Waals surface area (Å²) in [4.78, 5) is 15.6. The lowest BCUT2D eigenvalue weighted by atomic mass is 9.71. The van der Waals surface area contributed by atoms with Gasteiger partial charge in [-0.2, -0.15) is 0 Å². The number of likely N-dealkylation sites (tertiary alicyclic amines) is 1. The molecule has 5 unspecified atom stereocenters. The Bertz CT molecular complexity index is 734. The standard InChI is InChI=1S/C28H46N2O2/c1-27(2,3)23(16-20-12-8-7-9-13-20)25(31)19-30-18-22-15-11-10-14-21(22)17-24(30)26(32)29-28(4,5)6/h7-9,12-13,21-25,31H,10-11,14-19H2,1-6H3,(H,29,32). The lowest BCUT2D eigenvalue weighted by Gasteiger charge is -2.47. The molecule has 4 nitrogen and oxygen atoms in total. The molecular formula is C28H46N2O2. The van der Waals surface area contributed by atoms with Crippen LogP contribution in [-0.4, -0.2) is 46.7 Å². The number of fused-ring (bicyclic) bond motifs is 1. The van der Waals surface area contributed by atoms with E-state index in [1.807, 2.05) is 26.8 Å². The topological polar surface area (TPSA) is 52.6 Å². The summed E-state index contributed by atoms with van der Waals surface area (Å²) >= 11 is 0. The van der Waals surface area contributed by atoms with Crippen LogP contribution in [0.1, 0.15) is 79.2 Å². The number of aliphatic hydroxyl groups excluding tert-OH is 1. The van der Waals surface area contributed by atoms with Crippen LogP contribution in [0.3, 0.4) is 0 Å². The Labute approximate surface area is 196 Å². The van der Waals surface area contributed by atoms with Crippen molar-refractivity contribution in [2.45, 2.75) is 97.8 Å². The zero-order valence-electron chi connectivity index (χ0n) is 21.2. The molecule has 1 amide bonds. The van der Waals surface area contributed by atoms with Gasteiger partial charge in [-0.05, 0) is 68.8 Å². The van der Waals surface area contributed by atoms with Crippen molar-refractivity contribution in [2.24, 2.45) is 23.2 Å². The highest BCUT2D eigenvalue weighted by atomic mass is 16.3. The maximum Gasteiger partial charge on any atom is 0.237 e. The largest absolute Gasteiger partial charge is 0.391 e. The van der Waals surface area contributed by atoms with Gasteiger partial charge in [0.15, 0.2) is 0 Å². The Morgan fingerprint density at radius 2 is 1.69 bits per heavy atom. The van der Waals surface area contributed by atoms with Crippen molar-refractivity contribution in [3.8, 4) is 0 Å². The first kappa shape index (κ1) is 25.2. The average Bonchev–Trinajstić information content (AvgIpc) is 2.70. The highest BCUT2D eigenvalue weighted by Crippen LogP contribution is 2.40. The van der Waals surface area contributed by atoms with Crippen molar-refractivity contribution in [1.82, 2.24) is 10.2 Å². The third kappa shape index (κ3) is 6.81. The first-order chi connectivity index (χ1) is 14.9. The number of hydrogen-bond acceptors (Lipinski definition) is 3. The van der Waals surface area contributed by atoms with Crippen LogP contribution in [0.25, 0.3) is 0 Å². The number of benzene rings is 1. The van der Waals surface area contributed by atoms with Crippen molar-refractivity contribution in [1.29, 1.82) is 0 Å². The Morgan fingerprint density at radius 1 is 1.06 bits per heavy atom. The predicted octanol–water partition coefficient (Wildman–Crippen LogP) is 5.05. The van der Waals surface area contributed by atoms with E-state index in [-0.39, 0.29) is 28.8 Å². The van der Waals surface area contributed by atoms with Gasteiger partial charge < -0.3 is 10.4 Å². The van der Waals surface area contributed by atoms with Gasteiger partial charge in [0.05, 0.1) is 12.1 Å². The third-order valence-electron chi connectivity index (χ3n) is 7.60. The monoisotopic (exact) mass is 442 g/mol. The molecule has 1 saturated heterocycles. The molecule has 32 heavy (non-hydrogen) atoms. The van der Waals surface area contributed by atoms with Crippen LogP contribution in [0.2, 0.25) is 0 Å². The molecule has 1 heterocycles. The molecule has 1 saturated carbocycles. The minimum absolute atomic E-state index is 0.0262. The number of carbonyl (C=O) groups excluding carboxylic acids is 1. The van der Waals surface area contributed by atoms with E-state index < -0.39 is 6.10 Å². The van der Waals surface area contributed by atoms with Gasteiger partial charge in [-0.15, -0.1) is 0 Å². The van der Waals surface area contributed by atoms with Crippen LogP contribution in [0.5, 0.6) is 0 Å². The van der Waals surface area contributed by atoms with Crippen molar-refractivity contribution in [3.63, 3.8) is 0 Å². The van der Waals surface area contributed by atoms with E-state index in [4.69, 9.17) is 0 Å². The minimum Gasteiger partial charge on any atom is -0.391 e. The third-order valence-corrected chi connectivity index (χ3v) is 7.60. The predicted molar refractivity (Wildman–Crippen MR) is 132 cm³/mol. The minimum atomic E-state index is -0.472. The number of β-amino-alcohol motifs (C(OH)–C–C–N with tert-alkyl or cyclic N) is 1. The van der Waals surface area contributed by atoms with E-state index in [9.17, 15) is 9.90 Å². The molecule has 0 spiro atoms. The van der Waals surface area contributed by atoms with Gasteiger partial charge >= 0.3 is 0 Å². The molecule has 2 aliphatic rings. The summed E-state index contributed by atoms with van der Waals surface area (Å²) in [6, 6.07) is 10.3. The number of nitrogens with one attached hydrogen (secondary N) is 1. The van der Waals surface area contributed by atoms with Crippen LogP contribution < -0.4 is 5.32 Å². The molecule has 4 heteroatoms. The summed E-state index contributed by atoms with van der Waals surface area (Å²) < 4.78 is 0. The van der Waals surface area contributed by atoms with Crippen molar-refractivity contribution >= 4 is 5.91 Å². The second-order valence-corrected chi connectivity index (χ2v) is 12.5. The van der Waals surface area contributed by atoms with Gasteiger partial charge in [-0.3, -0.25) is 9.69 Å². The Balaban J connectivity index is 1.78. The lowest BCUT2D eigenvalue weighted by Crippen LogP contribution is -2.59. The van der Waals surface area contributed by atoms with Crippen LogP contribution in [0.4, 0.5) is 0 Å². The van der Waals surface area contributed by atoms with Crippen molar-refractivity contribution in [3.05, 3.63) is 35.9 Å². The smallest absolute Gasteiger partial charge is 0.237 e. The molecule has 2 N–H and O–H groups in total. The maximum absolute atomic E-state index is 13.3. The van der Waals surface area contributed by atoms with Crippen LogP contribution in [0.15, 0.2) is 30.3 Å². The number of nitrogens with zero attached hydrogens (tertiary/aromatic N) is 1. The lowest BCUT2D eigenvalue weighted by molar-refractivity contribution is -0.133. The number of aliphatic hydroxyl groups is 1. The summed E-state index contributed by atoms with van der Waals surface area (Å²) in [5.41, 5.74) is 0.993. The molecule has 0 aromatic heterocycles. The fourth-order valence-electron chi connectivity index (χ4n) is 5.88. The average molecular weight is 443 g/mol. The normalized spacial score (nSPS) is 26.8. The van der Waals surface area contributed by atoms with Gasteiger partial charge in [-0.1, -0.05) is 70.4 Å². The summed E-state index contributed by atoms with van der Waals surface area (Å²) in [5, 5.41) is 14.7. The molecule has 5 atom stereocenters. The molecular weight excluding hydrogens is 396 g/mol. The highest BCUT2D eigenvalue weighted by Gasteiger charge is 2.42. The van der Waals surface area contributed by atoms with Gasteiger partial charge in [0.1, 0.15) is 0 Å². The van der Waals surface area contributed by atoms with Crippen LogP contribution in [-0.2, 0) is 11.2 Å². The Morgan fingerprint density at radius 3 is 2.28 bits per heavy atom. The maximum atomic E-state index is 13.3. The van der Waals surface area contributed by atoms with Crippen molar-refractivity contribution < 1.29 is 9.90 Å². The first-order valence-corrected chi connectivity index (χ1v) is 12.7. The summed E-state index contributed by atoms with van der Waals surface area (Å²) in [5.74, 6) is 1.57. The van der Waals surface area contributed by atoms with E-state index >= 15 is 0 Å². The van der Waals surface area contributed by atoms with Crippen LogP contribution >= 0.6 is 0 Å². The quantitative estimate of drug-likeness (QED) is 0.648. The molecule has 2 fully saturated rings. The highest BCUT2D eigenvalue weighted by molar-refractivity contribution is 5.82. The SMILES string of the molecule is CC(C)(C)NC(=O)C1CC2CCCCC2CN1CC(O)C(Cc1ccccc1)C(C)(C)C.